The van der Waals surface area contributed by atoms with Gasteiger partial charge in [-0.1, -0.05) is 36.0 Å². The lowest BCUT2D eigenvalue weighted by atomic mass is 10.2. The van der Waals surface area contributed by atoms with E-state index in [-0.39, 0.29) is 12.5 Å². The van der Waals surface area contributed by atoms with Crippen LogP contribution in [0, 0.1) is 0 Å². The molecule has 0 spiro atoms. The molecular weight excluding hydrogens is 300 g/mol. The Hall–Kier alpha value is -2.51. The zero-order valence-corrected chi connectivity index (χ0v) is 12.4. The first-order valence-electron chi connectivity index (χ1n) is 6.64. The lowest BCUT2D eigenvalue weighted by molar-refractivity contribution is -0.117. The van der Waals surface area contributed by atoms with Crippen molar-refractivity contribution in [3.8, 4) is 0 Å². The van der Waals surface area contributed by atoms with E-state index in [9.17, 15) is 9.59 Å². The van der Waals surface area contributed by atoms with Gasteiger partial charge < -0.3 is 5.32 Å². The molecule has 3 rings (SSSR count). The molecule has 7 heteroatoms. The van der Waals surface area contributed by atoms with Crippen LogP contribution in [-0.4, -0.2) is 18.5 Å². The van der Waals surface area contributed by atoms with Gasteiger partial charge in [-0.15, -0.1) is 0 Å². The number of nitrogens with two attached hydrogens (primary N) is 1. The highest BCUT2D eigenvalue weighted by atomic mass is 32.2. The van der Waals surface area contributed by atoms with Crippen molar-refractivity contribution >= 4 is 35.1 Å². The Balaban J connectivity index is 1.96. The molecule has 22 heavy (non-hydrogen) atoms. The second-order valence-electron chi connectivity index (χ2n) is 4.59. The number of carbonyl (C=O) groups is 2. The van der Waals surface area contributed by atoms with Gasteiger partial charge in [0.2, 0.25) is 0 Å². The summed E-state index contributed by atoms with van der Waals surface area (Å²) in [5, 5.41) is 2.42. The van der Waals surface area contributed by atoms with E-state index in [0.29, 0.717) is 0 Å². The Kier molecular flexibility index (Phi) is 3.99. The summed E-state index contributed by atoms with van der Waals surface area (Å²) in [7, 11) is 0. The van der Waals surface area contributed by atoms with Gasteiger partial charge in [0.1, 0.15) is 0 Å². The number of hydrogen-bond acceptors (Lipinski definition) is 4. The van der Waals surface area contributed by atoms with Crippen molar-refractivity contribution in [1.29, 1.82) is 0 Å². The largest absolute Gasteiger partial charge is 0.329 e. The number of carbonyl (C=O) groups excluding carboxylic acids is 2. The maximum Gasteiger partial charge on any atom is 0.329 e. The number of para-hydroxylation sites is 2. The third kappa shape index (κ3) is 2.63. The standard InChI is InChI=1S/C15H14N4O2S/c16-18-15(21)17-9-14(20)19-10-5-1-3-7-12(10)22-13-8-4-2-6-11(13)19/h1-8H,9,16H2,(H2,17,18,21). The predicted molar refractivity (Wildman–Crippen MR) is 84.9 cm³/mol. The molecule has 0 atom stereocenters. The molecule has 2 aromatic rings. The van der Waals surface area contributed by atoms with E-state index in [1.54, 1.807) is 16.7 Å². The molecule has 0 saturated heterocycles. The summed E-state index contributed by atoms with van der Waals surface area (Å²) in [6.45, 7) is -0.142. The second kappa shape index (κ2) is 6.08. The van der Waals surface area contributed by atoms with Gasteiger partial charge in [0.05, 0.1) is 17.9 Å². The minimum atomic E-state index is -0.596. The second-order valence-corrected chi connectivity index (χ2v) is 5.68. The molecule has 0 saturated carbocycles. The minimum Gasteiger partial charge on any atom is -0.328 e. The Morgan fingerprint density at radius 3 is 2.09 bits per heavy atom. The third-order valence-corrected chi connectivity index (χ3v) is 4.34. The summed E-state index contributed by atoms with van der Waals surface area (Å²) in [6, 6.07) is 14.7. The van der Waals surface area contributed by atoms with Gasteiger partial charge in [-0.2, -0.15) is 0 Å². The molecule has 1 heterocycles. The van der Waals surface area contributed by atoms with Crippen molar-refractivity contribution in [3.05, 3.63) is 48.5 Å². The van der Waals surface area contributed by atoms with Crippen molar-refractivity contribution in [2.75, 3.05) is 11.4 Å². The van der Waals surface area contributed by atoms with Crippen LogP contribution in [0.5, 0.6) is 0 Å². The summed E-state index contributed by atoms with van der Waals surface area (Å²) in [6.07, 6.45) is 0. The maximum atomic E-state index is 12.6. The van der Waals surface area contributed by atoms with Gasteiger partial charge in [-0.05, 0) is 24.3 Å². The van der Waals surface area contributed by atoms with E-state index in [4.69, 9.17) is 5.84 Å². The highest BCUT2D eigenvalue weighted by molar-refractivity contribution is 7.99. The average molecular weight is 314 g/mol. The van der Waals surface area contributed by atoms with Crippen molar-refractivity contribution in [1.82, 2.24) is 10.7 Å². The lowest BCUT2D eigenvalue weighted by Gasteiger charge is -2.31. The zero-order chi connectivity index (χ0) is 15.5. The average Bonchev–Trinajstić information content (AvgIpc) is 2.57. The number of nitrogens with zero attached hydrogens (tertiary/aromatic N) is 1. The number of urea groups is 1. The van der Waals surface area contributed by atoms with Crippen LogP contribution in [-0.2, 0) is 4.79 Å². The first-order chi connectivity index (χ1) is 10.7. The van der Waals surface area contributed by atoms with Crippen LogP contribution in [0.3, 0.4) is 0 Å². The molecule has 0 radical (unpaired) electrons. The van der Waals surface area contributed by atoms with Crippen molar-refractivity contribution in [3.63, 3.8) is 0 Å². The minimum absolute atomic E-state index is 0.142. The summed E-state index contributed by atoms with van der Waals surface area (Å²) in [5.74, 6) is 4.77. The lowest BCUT2D eigenvalue weighted by Crippen LogP contribution is -2.45. The van der Waals surface area contributed by atoms with Gasteiger partial charge in [0.25, 0.3) is 5.91 Å². The highest BCUT2D eigenvalue weighted by Crippen LogP contribution is 2.47. The maximum absolute atomic E-state index is 12.6. The molecule has 0 aliphatic carbocycles. The first-order valence-corrected chi connectivity index (χ1v) is 7.45. The van der Waals surface area contributed by atoms with Crippen LogP contribution in [0.15, 0.2) is 58.3 Å². The predicted octanol–water partition coefficient (Wildman–Crippen LogP) is 1.99. The van der Waals surface area contributed by atoms with Crippen molar-refractivity contribution in [2.45, 2.75) is 9.79 Å². The van der Waals surface area contributed by atoms with E-state index in [1.165, 1.54) is 0 Å². The van der Waals surface area contributed by atoms with E-state index in [0.717, 1.165) is 21.2 Å². The Morgan fingerprint density at radius 2 is 1.55 bits per heavy atom. The fraction of sp³-hybridized carbons (Fsp3) is 0.0667. The van der Waals surface area contributed by atoms with E-state index in [2.05, 4.69) is 5.32 Å². The van der Waals surface area contributed by atoms with Crippen LogP contribution in [0.4, 0.5) is 16.2 Å². The summed E-state index contributed by atoms with van der Waals surface area (Å²) in [5.41, 5.74) is 3.56. The van der Waals surface area contributed by atoms with Crippen molar-refractivity contribution < 1.29 is 9.59 Å². The van der Waals surface area contributed by atoms with Crippen LogP contribution in [0.2, 0.25) is 0 Å². The van der Waals surface area contributed by atoms with Gasteiger partial charge in [-0.25, -0.2) is 10.6 Å². The smallest absolute Gasteiger partial charge is 0.328 e. The molecule has 0 bridgehead atoms. The highest BCUT2D eigenvalue weighted by Gasteiger charge is 2.27. The number of anilines is 2. The van der Waals surface area contributed by atoms with Crippen LogP contribution < -0.4 is 21.5 Å². The van der Waals surface area contributed by atoms with Crippen molar-refractivity contribution in [2.24, 2.45) is 5.84 Å². The molecule has 0 fully saturated rings. The molecule has 6 nitrogen and oxygen atoms in total. The molecule has 1 aliphatic rings. The molecule has 3 amide bonds. The number of amides is 3. The third-order valence-electron chi connectivity index (χ3n) is 3.21. The van der Waals surface area contributed by atoms with E-state index in [1.807, 2.05) is 54.0 Å². The molecule has 1 aliphatic heterocycles. The normalized spacial score (nSPS) is 12.1. The van der Waals surface area contributed by atoms with E-state index >= 15 is 0 Å². The number of hydrazine groups is 1. The SMILES string of the molecule is NNC(=O)NCC(=O)N1c2ccccc2Sc2ccccc21. The van der Waals surface area contributed by atoms with Crippen LogP contribution in [0.1, 0.15) is 0 Å². The monoisotopic (exact) mass is 314 g/mol. The molecule has 0 unspecified atom stereocenters. The topological polar surface area (TPSA) is 87.5 Å². The summed E-state index contributed by atoms with van der Waals surface area (Å²) < 4.78 is 0. The summed E-state index contributed by atoms with van der Waals surface area (Å²) in [4.78, 5) is 27.4. The molecule has 112 valence electrons. The molecular formula is C15H14N4O2S. The fourth-order valence-electron chi connectivity index (χ4n) is 2.26. The first kappa shape index (κ1) is 14.4. The van der Waals surface area contributed by atoms with Crippen LogP contribution >= 0.6 is 11.8 Å². The fourth-order valence-corrected chi connectivity index (χ4v) is 3.32. The Bertz CT molecular complexity index is 689. The number of fused-ring (bicyclic) bond motifs is 2. The van der Waals surface area contributed by atoms with Crippen LogP contribution in [0.25, 0.3) is 0 Å². The molecule has 4 N–H and O–H groups in total. The van der Waals surface area contributed by atoms with E-state index < -0.39 is 6.03 Å². The van der Waals surface area contributed by atoms with Gasteiger partial charge >= 0.3 is 6.03 Å². The van der Waals surface area contributed by atoms with Gasteiger partial charge in [0, 0.05) is 9.79 Å². The number of nitrogens with one attached hydrogen (secondary N) is 2. The number of rotatable bonds is 2. The van der Waals surface area contributed by atoms with Gasteiger partial charge in [0.15, 0.2) is 0 Å². The summed E-state index contributed by atoms with van der Waals surface area (Å²) >= 11 is 1.62. The Labute approximate surface area is 131 Å². The molecule has 2 aromatic carbocycles. The number of hydrogen-bond donors (Lipinski definition) is 3. The quantitative estimate of drug-likeness (QED) is 0.449. The zero-order valence-electron chi connectivity index (χ0n) is 11.6. The Morgan fingerprint density at radius 1 is 1.00 bits per heavy atom. The number of benzene rings is 2. The molecule has 0 aromatic heterocycles. The van der Waals surface area contributed by atoms with Gasteiger partial charge in [-0.3, -0.25) is 15.1 Å².